The van der Waals surface area contributed by atoms with Crippen LogP contribution in [-0.4, -0.2) is 30.6 Å². The van der Waals surface area contributed by atoms with Crippen LogP contribution in [0.5, 0.6) is 0 Å². The Morgan fingerprint density at radius 2 is 1.74 bits per heavy atom. The van der Waals surface area contributed by atoms with Gasteiger partial charge in [0, 0.05) is 11.8 Å². The summed E-state index contributed by atoms with van der Waals surface area (Å²) in [7, 11) is 0. The van der Waals surface area contributed by atoms with Crippen LogP contribution in [0.3, 0.4) is 0 Å². The number of anilines is 2. The lowest BCUT2D eigenvalue weighted by Gasteiger charge is -2.14. The molecule has 2 aromatic rings. The molecular formula is C18H17F2N3O4. The van der Waals surface area contributed by atoms with Gasteiger partial charge < -0.3 is 20.7 Å². The summed E-state index contributed by atoms with van der Waals surface area (Å²) in [6, 6.07) is 9.57. The van der Waals surface area contributed by atoms with E-state index in [-0.39, 0.29) is 5.69 Å². The molecule has 142 valence electrons. The van der Waals surface area contributed by atoms with Crippen LogP contribution in [0.15, 0.2) is 48.5 Å². The summed E-state index contributed by atoms with van der Waals surface area (Å²) in [5.41, 5.74) is 0.294. The van der Waals surface area contributed by atoms with Gasteiger partial charge in [0.1, 0.15) is 17.7 Å². The molecule has 2 rings (SSSR count). The zero-order valence-corrected chi connectivity index (χ0v) is 14.3. The highest BCUT2D eigenvalue weighted by Gasteiger charge is 2.18. The first kappa shape index (κ1) is 19.8. The Labute approximate surface area is 153 Å². The van der Waals surface area contributed by atoms with E-state index in [1.807, 2.05) is 0 Å². The van der Waals surface area contributed by atoms with Crippen molar-refractivity contribution in [3.05, 3.63) is 60.2 Å². The molecule has 0 heterocycles. The van der Waals surface area contributed by atoms with Crippen LogP contribution in [0, 0.1) is 11.6 Å². The topological polar surface area (TPSA) is 96.5 Å². The van der Waals surface area contributed by atoms with Gasteiger partial charge in [0.25, 0.3) is 5.91 Å². The Kier molecular flexibility index (Phi) is 6.81. The number of benzene rings is 2. The Morgan fingerprint density at radius 3 is 2.41 bits per heavy atom. The molecule has 0 saturated heterocycles. The van der Waals surface area contributed by atoms with Gasteiger partial charge in [-0.05, 0) is 31.2 Å². The minimum atomic E-state index is -1.02. The van der Waals surface area contributed by atoms with E-state index < -0.39 is 42.2 Å². The molecule has 3 N–H and O–H groups in total. The van der Waals surface area contributed by atoms with Crippen molar-refractivity contribution in [2.45, 2.75) is 13.0 Å². The SMILES string of the molecule is C[C@H](NC(=O)Nc1ccccc1)C(=O)OCC(=O)Nc1ccc(F)cc1F. The smallest absolute Gasteiger partial charge is 0.328 e. The van der Waals surface area contributed by atoms with E-state index in [1.165, 1.54) is 6.92 Å². The lowest BCUT2D eigenvalue weighted by Crippen LogP contribution is -2.42. The number of ether oxygens (including phenoxy) is 1. The Balaban J connectivity index is 1.76. The van der Waals surface area contributed by atoms with Crippen LogP contribution < -0.4 is 16.0 Å². The minimum Gasteiger partial charge on any atom is -0.454 e. The Morgan fingerprint density at radius 1 is 1.04 bits per heavy atom. The lowest BCUT2D eigenvalue weighted by molar-refractivity contribution is -0.148. The van der Waals surface area contributed by atoms with Gasteiger partial charge in [-0.25, -0.2) is 18.4 Å². The average Bonchev–Trinajstić information content (AvgIpc) is 2.62. The molecule has 0 aromatic heterocycles. The number of amides is 3. The third kappa shape index (κ3) is 6.38. The van der Waals surface area contributed by atoms with Gasteiger partial charge in [-0.15, -0.1) is 0 Å². The highest BCUT2D eigenvalue weighted by atomic mass is 19.1. The maximum absolute atomic E-state index is 13.4. The molecule has 7 nitrogen and oxygen atoms in total. The second-order valence-electron chi connectivity index (χ2n) is 5.47. The lowest BCUT2D eigenvalue weighted by atomic mass is 10.3. The van der Waals surface area contributed by atoms with Crippen molar-refractivity contribution in [2.75, 3.05) is 17.2 Å². The summed E-state index contributed by atoms with van der Waals surface area (Å²) in [6.45, 7) is 0.687. The van der Waals surface area contributed by atoms with Crippen LogP contribution in [0.25, 0.3) is 0 Å². The molecule has 1 atom stereocenters. The van der Waals surface area contributed by atoms with Gasteiger partial charge in [-0.1, -0.05) is 18.2 Å². The Bertz CT molecular complexity index is 831. The van der Waals surface area contributed by atoms with E-state index in [4.69, 9.17) is 4.74 Å². The minimum absolute atomic E-state index is 0.245. The van der Waals surface area contributed by atoms with Crippen molar-refractivity contribution in [2.24, 2.45) is 0 Å². The van der Waals surface area contributed by atoms with Gasteiger partial charge in [-0.3, -0.25) is 4.79 Å². The monoisotopic (exact) mass is 377 g/mol. The first-order valence-corrected chi connectivity index (χ1v) is 7.89. The Hall–Kier alpha value is -3.49. The van der Waals surface area contributed by atoms with E-state index >= 15 is 0 Å². The maximum atomic E-state index is 13.4. The quantitative estimate of drug-likeness (QED) is 0.675. The van der Waals surface area contributed by atoms with Crippen molar-refractivity contribution < 1.29 is 27.9 Å². The van der Waals surface area contributed by atoms with E-state index in [1.54, 1.807) is 30.3 Å². The average molecular weight is 377 g/mol. The largest absolute Gasteiger partial charge is 0.454 e. The van der Waals surface area contributed by atoms with E-state index in [2.05, 4.69) is 16.0 Å². The summed E-state index contributed by atoms with van der Waals surface area (Å²) < 4.78 is 31.0. The molecule has 0 aliphatic rings. The van der Waals surface area contributed by atoms with Gasteiger partial charge >= 0.3 is 12.0 Å². The fraction of sp³-hybridized carbons (Fsp3) is 0.167. The summed E-state index contributed by atoms with van der Waals surface area (Å²) in [5, 5.41) is 7.03. The first-order valence-electron chi connectivity index (χ1n) is 7.89. The standard InChI is InChI=1S/C18H17F2N3O4/c1-11(21-18(26)22-13-5-3-2-4-6-13)17(25)27-10-16(24)23-15-8-7-12(19)9-14(15)20/h2-9,11H,10H2,1H3,(H,23,24)(H2,21,22,26)/t11-/m0/s1. The zero-order chi connectivity index (χ0) is 19.8. The second-order valence-corrected chi connectivity index (χ2v) is 5.47. The summed E-state index contributed by atoms with van der Waals surface area (Å²) >= 11 is 0. The number of nitrogens with one attached hydrogen (secondary N) is 3. The molecule has 27 heavy (non-hydrogen) atoms. The predicted octanol–water partition coefficient (Wildman–Crippen LogP) is 2.66. The van der Waals surface area contributed by atoms with E-state index in [9.17, 15) is 23.2 Å². The highest BCUT2D eigenvalue weighted by Crippen LogP contribution is 2.14. The number of carbonyl (C=O) groups excluding carboxylic acids is 3. The molecule has 3 amide bonds. The third-order valence-electron chi connectivity index (χ3n) is 3.28. The van der Waals surface area contributed by atoms with Crippen molar-refractivity contribution >= 4 is 29.3 Å². The highest BCUT2D eigenvalue weighted by molar-refractivity contribution is 5.94. The van der Waals surface area contributed by atoms with Crippen molar-refractivity contribution in [1.29, 1.82) is 0 Å². The fourth-order valence-corrected chi connectivity index (χ4v) is 1.98. The van der Waals surface area contributed by atoms with Crippen molar-refractivity contribution in [1.82, 2.24) is 5.32 Å². The number of carbonyl (C=O) groups is 3. The number of halogens is 2. The number of hydrogen-bond donors (Lipinski definition) is 3. The maximum Gasteiger partial charge on any atom is 0.328 e. The number of para-hydroxylation sites is 1. The fourth-order valence-electron chi connectivity index (χ4n) is 1.98. The number of urea groups is 1. The molecule has 9 heteroatoms. The predicted molar refractivity (Wildman–Crippen MR) is 94.0 cm³/mol. The zero-order valence-electron chi connectivity index (χ0n) is 14.3. The number of esters is 1. The molecule has 0 radical (unpaired) electrons. The van der Waals surface area contributed by atoms with Gasteiger partial charge in [0.05, 0.1) is 5.69 Å². The van der Waals surface area contributed by atoms with Gasteiger partial charge in [-0.2, -0.15) is 0 Å². The van der Waals surface area contributed by atoms with E-state index in [0.29, 0.717) is 11.8 Å². The normalized spacial score (nSPS) is 11.2. The molecule has 2 aromatic carbocycles. The molecule has 0 saturated carbocycles. The van der Waals surface area contributed by atoms with Crippen LogP contribution in [-0.2, 0) is 14.3 Å². The van der Waals surface area contributed by atoms with Crippen molar-refractivity contribution in [3.8, 4) is 0 Å². The summed E-state index contributed by atoms with van der Waals surface area (Å²) in [5.74, 6) is -3.41. The van der Waals surface area contributed by atoms with Crippen molar-refractivity contribution in [3.63, 3.8) is 0 Å². The molecule has 0 unspecified atom stereocenters. The molecule has 0 aliphatic carbocycles. The number of hydrogen-bond acceptors (Lipinski definition) is 4. The molecule has 0 aliphatic heterocycles. The molecular weight excluding hydrogens is 360 g/mol. The van der Waals surface area contributed by atoms with Crippen LogP contribution in [0.1, 0.15) is 6.92 Å². The molecule has 0 fully saturated rings. The van der Waals surface area contributed by atoms with Crippen LogP contribution in [0.2, 0.25) is 0 Å². The van der Waals surface area contributed by atoms with Gasteiger partial charge in [0.2, 0.25) is 0 Å². The molecule has 0 bridgehead atoms. The molecule has 0 spiro atoms. The third-order valence-corrected chi connectivity index (χ3v) is 3.28. The van der Waals surface area contributed by atoms with Crippen LogP contribution >= 0.6 is 0 Å². The summed E-state index contributed by atoms with van der Waals surface area (Å²) in [6.07, 6.45) is 0. The van der Waals surface area contributed by atoms with Gasteiger partial charge in [0.15, 0.2) is 6.61 Å². The first-order chi connectivity index (χ1) is 12.8. The van der Waals surface area contributed by atoms with Crippen LogP contribution in [0.4, 0.5) is 25.0 Å². The van der Waals surface area contributed by atoms with E-state index in [0.717, 1.165) is 12.1 Å². The second kappa shape index (κ2) is 9.27. The summed E-state index contributed by atoms with van der Waals surface area (Å²) in [4.78, 5) is 35.3. The number of rotatable bonds is 6.